The Morgan fingerprint density at radius 1 is 1.17 bits per heavy atom. The highest BCUT2D eigenvalue weighted by atomic mass is 16.5. The fourth-order valence-electron chi connectivity index (χ4n) is 2.92. The van der Waals surface area contributed by atoms with E-state index in [-0.39, 0.29) is 12.1 Å². The van der Waals surface area contributed by atoms with Crippen molar-refractivity contribution in [1.29, 1.82) is 0 Å². The molecule has 0 saturated heterocycles. The summed E-state index contributed by atoms with van der Waals surface area (Å²) in [5, 5.41) is 0. The van der Waals surface area contributed by atoms with Crippen LogP contribution in [0.1, 0.15) is 65.7 Å². The van der Waals surface area contributed by atoms with Crippen LogP contribution in [-0.4, -0.2) is 18.6 Å². The van der Waals surface area contributed by atoms with Gasteiger partial charge in [0.15, 0.2) is 0 Å². The molecule has 1 unspecified atom stereocenters. The maximum absolute atomic E-state index is 12.4. The number of hydrogen-bond donors (Lipinski definition) is 1. The van der Waals surface area contributed by atoms with Gasteiger partial charge in [-0.3, -0.25) is 4.79 Å². The maximum Gasteiger partial charge on any atom is 0.313 e. The van der Waals surface area contributed by atoms with Crippen molar-refractivity contribution >= 4 is 5.97 Å². The van der Waals surface area contributed by atoms with Crippen LogP contribution in [0.4, 0.5) is 0 Å². The molecular formula is C15H29NO2. The zero-order valence-electron chi connectivity index (χ0n) is 12.2. The first kappa shape index (κ1) is 15.5. The minimum Gasteiger partial charge on any atom is -0.462 e. The van der Waals surface area contributed by atoms with Gasteiger partial charge in [0.05, 0.1) is 11.5 Å². The van der Waals surface area contributed by atoms with E-state index in [9.17, 15) is 4.79 Å². The molecule has 0 heterocycles. The SMILES string of the molecule is CC(C)CC(C)OC(=O)C1(CN)CCCCCC1. The lowest BCUT2D eigenvalue weighted by molar-refractivity contribution is -0.161. The quantitative estimate of drug-likeness (QED) is 0.606. The van der Waals surface area contributed by atoms with E-state index in [1.54, 1.807) is 0 Å². The second-order valence-corrected chi connectivity index (χ2v) is 6.24. The molecule has 0 aromatic heterocycles. The number of hydrogen-bond acceptors (Lipinski definition) is 3. The first-order valence-corrected chi connectivity index (χ1v) is 7.41. The fourth-order valence-corrected chi connectivity index (χ4v) is 2.92. The van der Waals surface area contributed by atoms with Gasteiger partial charge in [-0.25, -0.2) is 0 Å². The Bertz CT molecular complexity index is 255. The molecule has 0 aromatic rings. The molecule has 0 radical (unpaired) electrons. The Balaban J connectivity index is 2.60. The first-order valence-electron chi connectivity index (χ1n) is 7.41. The summed E-state index contributed by atoms with van der Waals surface area (Å²) in [6.45, 7) is 6.71. The van der Waals surface area contributed by atoms with E-state index in [2.05, 4.69) is 13.8 Å². The third-order valence-corrected chi connectivity index (χ3v) is 4.00. The summed E-state index contributed by atoms with van der Waals surface area (Å²) in [4.78, 5) is 12.4. The van der Waals surface area contributed by atoms with Crippen molar-refractivity contribution in [2.75, 3.05) is 6.54 Å². The maximum atomic E-state index is 12.4. The number of carbonyl (C=O) groups is 1. The molecule has 0 amide bonds. The molecule has 3 heteroatoms. The standard InChI is InChI=1S/C15H29NO2/c1-12(2)10-13(3)18-14(17)15(11-16)8-6-4-5-7-9-15/h12-13H,4-11,16H2,1-3H3. The van der Waals surface area contributed by atoms with Gasteiger partial charge < -0.3 is 10.5 Å². The van der Waals surface area contributed by atoms with E-state index in [1.165, 1.54) is 12.8 Å². The highest BCUT2D eigenvalue weighted by Crippen LogP contribution is 2.35. The summed E-state index contributed by atoms with van der Waals surface area (Å²) in [7, 11) is 0. The van der Waals surface area contributed by atoms with Crippen molar-refractivity contribution in [1.82, 2.24) is 0 Å². The number of esters is 1. The molecule has 0 aliphatic heterocycles. The third-order valence-electron chi connectivity index (χ3n) is 4.00. The van der Waals surface area contributed by atoms with Crippen LogP contribution >= 0.6 is 0 Å². The molecule has 106 valence electrons. The highest BCUT2D eigenvalue weighted by Gasteiger charge is 2.39. The van der Waals surface area contributed by atoms with E-state index in [0.717, 1.165) is 32.1 Å². The summed E-state index contributed by atoms with van der Waals surface area (Å²) in [6.07, 6.45) is 7.37. The lowest BCUT2D eigenvalue weighted by atomic mass is 9.80. The Morgan fingerprint density at radius 3 is 2.17 bits per heavy atom. The molecule has 1 rings (SSSR count). The highest BCUT2D eigenvalue weighted by molar-refractivity contribution is 5.77. The van der Waals surface area contributed by atoms with Gasteiger partial charge >= 0.3 is 5.97 Å². The molecule has 1 aliphatic rings. The molecule has 0 aromatic carbocycles. The molecule has 1 fully saturated rings. The zero-order chi connectivity index (χ0) is 13.6. The van der Waals surface area contributed by atoms with E-state index in [1.807, 2.05) is 6.92 Å². The Kier molecular flexibility index (Phi) is 6.13. The van der Waals surface area contributed by atoms with Gasteiger partial charge in [0.2, 0.25) is 0 Å². The van der Waals surface area contributed by atoms with Crippen molar-refractivity contribution in [3.8, 4) is 0 Å². The van der Waals surface area contributed by atoms with E-state index in [4.69, 9.17) is 10.5 Å². The summed E-state index contributed by atoms with van der Waals surface area (Å²) in [6, 6.07) is 0. The number of nitrogens with two attached hydrogens (primary N) is 1. The topological polar surface area (TPSA) is 52.3 Å². The molecule has 2 N–H and O–H groups in total. The number of ether oxygens (including phenoxy) is 1. The van der Waals surface area contributed by atoms with Crippen LogP contribution in [-0.2, 0) is 9.53 Å². The molecule has 1 saturated carbocycles. The summed E-state index contributed by atoms with van der Waals surface area (Å²) >= 11 is 0. The monoisotopic (exact) mass is 255 g/mol. The summed E-state index contributed by atoms with van der Waals surface area (Å²) in [5.74, 6) is 0.496. The van der Waals surface area contributed by atoms with Crippen molar-refractivity contribution in [2.45, 2.75) is 71.8 Å². The Hall–Kier alpha value is -0.570. The van der Waals surface area contributed by atoms with Gasteiger partial charge in [-0.05, 0) is 32.1 Å². The van der Waals surface area contributed by atoms with Crippen molar-refractivity contribution in [3.05, 3.63) is 0 Å². The predicted molar refractivity (Wildman–Crippen MR) is 74.2 cm³/mol. The second-order valence-electron chi connectivity index (χ2n) is 6.24. The van der Waals surface area contributed by atoms with Gasteiger partial charge in [-0.1, -0.05) is 39.5 Å². The van der Waals surface area contributed by atoms with Crippen LogP contribution in [0.25, 0.3) is 0 Å². The molecule has 1 aliphatic carbocycles. The molecular weight excluding hydrogens is 226 g/mol. The lowest BCUT2D eigenvalue weighted by Gasteiger charge is -2.30. The smallest absolute Gasteiger partial charge is 0.313 e. The zero-order valence-corrected chi connectivity index (χ0v) is 12.2. The molecule has 0 spiro atoms. The van der Waals surface area contributed by atoms with Gasteiger partial charge in [-0.15, -0.1) is 0 Å². The van der Waals surface area contributed by atoms with E-state index >= 15 is 0 Å². The van der Waals surface area contributed by atoms with Crippen LogP contribution in [0.3, 0.4) is 0 Å². The minimum atomic E-state index is -0.401. The van der Waals surface area contributed by atoms with Crippen LogP contribution in [0.15, 0.2) is 0 Å². The molecule has 1 atom stereocenters. The van der Waals surface area contributed by atoms with Crippen molar-refractivity contribution < 1.29 is 9.53 Å². The van der Waals surface area contributed by atoms with Crippen LogP contribution in [0, 0.1) is 11.3 Å². The van der Waals surface area contributed by atoms with Crippen molar-refractivity contribution in [2.24, 2.45) is 17.1 Å². The molecule has 18 heavy (non-hydrogen) atoms. The van der Waals surface area contributed by atoms with Gasteiger partial charge in [0.25, 0.3) is 0 Å². The third kappa shape index (κ3) is 4.27. The number of rotatable bonds is 5. The average Bonchev–Trinajstić information content (AvgIpc) is 2.53. The largest absolute Gasteiger partial charge is 0.462 e. The minimum absolute atomic E-state index is 0.00387. The van der Waals surface area contributed by atoms with E-state index < -0.39 is 5.41 Å². The molecule has 3 nitrogen and oxygen atoms in total. The van der Waals surface area contributed by atoms with Gasteiger partial charge in [0, 0.05) is 6.54 Å². The van der Waals surface area contributed by atoms with Crippen LogP contribution < -0.4 is 5.73 Å². The normalized spacial score (nSPS) is 21.4. The van der Waals surface area contributed by atoms with Gasteiger partial charge in [0.1, 0.15) is 0 Å². The average molecular weight is 255 g/mol. The predicted octanol–water partition coefficient (Wildman–Crippen LogP) is 3.26. The van der Waals surface area contributed by atoms with Gasteiger partial charge in [-0.2, -0.15) is 0 Å². The summed E-state index contributed by atoms with van der Waals surface area (Å²) < 4.78 is 5.63. The second kappa shape index (κ2) is 7.13. The van der Waals surface area contributed by atoms with Crippen LogP contribution in [0.2, 0.25) is 0 Å². The first-order chi connectivity index (χ1) is 8.50. The Morgan fingerprint density at radius 2 is 1.72 bits per heavy atom. The fraction of sp³-hybridized carbons (Fsp3) is 0.933. The molecule has 0 bridgehead atoms. The lowest BCUT2D eigenvalue weighted by Crippen LogP contribution is -2.41. The van der Waals surface area contributed by atoms with Crippen molar-refractivity contribution in [3.63, 3.8) is 0 Å². The number of carbonyl (C=O) groups excluding carboxylic acids is 1. The summed E-state index contributed by atoms with van der Waals surface area (Å²) in [5.41, 5.74) is 5.48. The van der Waals surface area contributed by atoms with E-state index in [0.29, 0.717) is 12.5 Å². The van der Waals surface area contributed by atoms with Crippen LogP contribution in [0.5, 0.6) is 0 Å². The Labute approximate surface area is 111 Å².